The molecule has 1 rings (SSSR count). The topological polar surface area (TPSA) is 26.0 Å². The Morgan fingerprint density at radius 2 is 2.07 bits per heavy atom. The lowest BCUT2D eigenvalue weighted by Crippen LogP contribution is -2.45. The maximum Gasteiger partial charge on any atom is 0.256 e. The molecule has 15 heavy (non-hydrogen) atoms. The van der Waals surface area contributed by atoms with Gasteiger partial charge in [0.2, 0.25) is 0 Å². The molecular formula is C10H11ClF3N. The fourth-order valence-electron chi connectivity index (χ4n) is 1.17. The van der Waals surface area contributed by atoms with Gasteiger partial charge in [0.25, 0.3) is 6.43 Å². The minimum atomic E-state index is -2.68. The molecule has 0 aliphatic heterocycles. The van der Waals surface area contributed by atoms with Crippen molar-refractivity contribution in [2.45, 2.75) is 25.3 Å². The molecule has 0 amide bonds. The molecule has 0 saturated heterocycles. The molecule has 0 saturated carbocycles. The van der Waals surface area contributed by atoms with Crippen molar-refractivity contribution in [2.24, 2.45) is 5.73 Å². The van der Waals surface area contributed by atoms with Crippen LogP contribution in [0.25, 0.3) is 0 Å². The Morgan fingerprint density at radius 3 is 2.60 bits per heavy atom. The summed E-state index contributed by atoms with van der Waals surface area (Å²) < 4.78 is 37.8. The van der Waals surface area contributed by atoms with Gasteiger partial charge in [0, 0.05) is 5.02 Å². The molecule has 5 heteroatoms. The summed E-state index contributed by atoms with van der Waals surface area (Å²) in [6.07, 6.45) is -2.85. The summed E-state index contributed by atoms with van der Waals surface area (Å²) >= 11 is 5.74. The van der Waals surface area contributed by atoms with Crippen LogP contribution >= 0.6 is 11.6 Å². The SMILES string of the molecule is CC(N)(Cc1cc(F)ccc1Cl)C(F)F. The van der Waals surface area contributed by atoms with E-state index in [1.165, 1.54) is 19.1 Å². The standard InChI is InChI=1S/C10H11ClF3N/c1-10(15,9(13)14)5-6-4-7(12)2-3-8(6)11/h2-4,9H,5,15H2,1H3. The second-order valence-electron chi connectivity index (χ2n) is 3.72. The minimum absolute atomic E-state index is 0.165. The quantitative estimate of drug-likeness (QED) is 0.859. The highest BCUT2D eigenvalue weighted by Crippen LogP contribution is 2.24. The van der Waals surface area contributed by atoms with Crippen molar-refractivity contribution >= 4 is 11.6 Å². The van der Waals surface area contributed by atoms with Crippen molar-refractivity contribution < 1.29 is 13.2 Å². The van der Waals surface area contributed by atoms with E-state index in [4.69, 9.17) is 17.3 Å². The van der Waals surface area contributed by atoms with E-state index in [1.54, 1.807) is 0 Å². The first kappa shape index (κ1) is 12.3. The molecule has 0 bridgehead atoms. The van der Waals surface area contributed by atoms with Gasteiger partial charge < -0.3 is 5.73 Å². The van der Waals surface area contributed by atoms with E-state index < -0.39 is 17.8 Å². The summed E-state index contributed by atoms with van der Waals surface area (Å²) in [6.45, 7) is 1.21. The smallest absolute Gasteiger partial charge is 0.256 e. The van der Waals surface area contributed by atoms with Crippen LogP contribution in [0.2, 0.25) is 5.02 Å². The number of alkyl halides is 2. The van der Waals surface area contributed by atoms with E-state index in [9.17, 15) is 13.2 Å². The summed E-state index contributed by atoms with van der Waals surface area (Å²) in [5.41, 5.74) is 3.98. The maximum absolute atomic E-state index is 12.8. The van der Waals surface area contributed by atoms with E-state index in [0.29, 0.717) is 5.56 Å². The number of nitrogens with two attached hydrogens (primary N) is 1. The summed E-state index contributed by atoms with van der Waals surface area (Å²) in [4.78, 5) is 0. The van der Waals surface area contributed by atoms with Crippen LogP contribution in [0.1, 0.15) is 12.5 Å². The zero-order chi connectivity index (χ0) is 11.6. The molecule has 0 aliphatic carbocycles. The number of halogens is 4. The molecule has 1 nitrogen and oxygen atoms in total. The van der Waals surface area contributed by atoms with Gasteiger partial charge in [-0.1, -0.05) is 11.6 Å². The van der Waals surface area contributed by atoms with Crippen LogP contribution in [-0.4, -0.2) is 12.0 Å². The lowest BCUT2D eigenvalue weighted by atomic mass is 9.94. The van der Waals surface area contributed by atoms with E-state index in [-0.39, 0.29) is 11.4 Å². The Kier molecular flexibility index (Phi) is 3.62. The fourth-order valence-corrected chi connectivity index (χ4v) is 1.35. The summed E-state index contributed by atoms with van der Waals surface area (Å²) in [7, 11) is 0. The van der Waals surface area contributed by atoms with Gasteiger partial charge in [-0.3, -0.25) is 0 Å². The maximum atomic E-state index is 12.8. The molecule has 1 atom stereocenters. The Balaban J connectivity index is 2.94. The van der Waals surface area contributed by atoms with Crippen molar-refractivity contribution in [3.8, 4) is 0 Å². The molecule has 1 unspecified atom stereocenters. The molecule has 1 aromatic rings. The zero-order valence-corrected chi connectivity index (χ0v) is 8.86. The average Bonchev–Trinajstić information content (AvgIpc) is 2.10. The molecular weight excluding hydrogens is 227 g/mol. The minimum Gasteiger partial charge on any atom is -0.320 e. The number of rotatable bonds is 3. The predicted octanol–water partition coefficient (Wildman–Crippen LogP) is 3.00. The van der Waals surface area contributed by atoms with Gasteiger partial charge in [0.05, 0.1) is 5.54 Å². The average molecular weight is 238 g/mol. The fraction of sp³-hybridized carbons (Fsp3) is 0.400. The van der Waals surface area contributed by atoms with Crippen LogP contribution in [0.3, 0.4) is 0 Å². The van der Waals surface area contributed by atoms with Gasteiger partial charge in [0.1, 0.15) is 5.82 Å². The van der Waals surface area contributed by atoms with E-state index in [1.807, 2.05) is 0 Å². The second kappa shape index (κ2) is 4.41. The lowest BCUT2D eigenvalue weighted by Gasteiger charge is -2.23. The highest BCUT2D eigenvalue weighted by Gasteiger charge is 2.31. The molecule has 0 aromatic heterocycles. The van der Waals surface area contributed by atoms with Gasteiger partial charge in [-0.2, -0.15) is 0 Å². The molecule has 0 fully saturated rings. The number of benzene rings is 1. The van der Waals surface area contributed by atoms with Crippen molar-refractivity contribution in [1.82, 2.24) is 0 Å². The van der Waals surface area contributed by atoms with Gasteiger partial charge in [-0.05, 0) is 37.1 Å². The largest absolute Gasteiger partial charge is 0.320 e. The van der Waals surface area contributed by atoms with Crippen LogP contribution in [-0.2, 0) is 6.42 Å². The first-order valence-electron chi connectivity index (χ1n) is 4.34. The first-order chi connectivity index (χ1) is 6.83. The highest BCUT2D eigenvalue weighted by molar-refractivity contribution is 6.31. The van der Waals surface area contributed by atoms with E-state index in [2.05, 4.69) is 0 Å². The van der Waals surface area contributed by atoms with Gasteiger partial charge >= 0.3 is 0 Å². The van der Waals surface area contributed by atoms with E-state index in [0.717, 1.165) is 6.07 Å². The number of hydrogen-bond donors (Lipinski definition) is 1. The van der Waals surface area contributed by atoms with Crippen molar-refractivity contribution in [3.63, 3.8) is 0 Å². The van der Waals surface area contributed by atoms with E-state index >= 15 is 0 Å². The Bertz CT molecular complexity index is 353. The second-order valence-corrected chi connectivity index (χ2v) is 4.13. The summed E-state index contributed by atoms with van der Waals surface area (Å²) in [5, 5.41) is 0.244. The molecule has 84 valence electrons. The van der Waals surface area contributed by atoms with Gasteiger partial charge in [-0.15, -0.1) is 0 Å². The molecule has 0 heterocycles. The van der Waals surface area contributed by atoms with Crippen molar-refractivity contribution in [1.29, 1.82) is 0 Å². The summed E-state index contributed by atoms with van der Waals surface area (Å²) in [6, 6.07) is 3.62. The van der Waals surface area contributed by atoms with Crippen molar-refractivity contribution in [2.75, 3.05) is 0 Å². The van der Waals surface area contributed by atoms with Crippen LogP contribution in [0.4, 0.5) is 13.2 Å². The number of hydrogen-bond acceptors (Lipinski definition) is 1. The summed E-state index contributed by atoms with van der Waals surface area (Å²) in [5.74, 6) is -0.514. The molecule has 1 aromatic carbocycles. The van der Waals surface area contributed by atoms with Crippen LogP contribution < -0.4 is 5.73 Å². The molecule has 0 aliphatic rings. The molecule has 0 spiro atoms. The monoisotopic (exact) mass is 237 g/mol. The Morgan fingerprint density at radius 1 is 1.47 bits per heavy atom. The van der Waals surface area contributed by atoms with Gasteiger partial charge in [0.15, 0.2) is 0 Å². The van der Waals surface area contributed by atoms with Crippen LogP contribution in [0.5, 0.6) is 0 Å². The predicted molar refractivity (Wildman–Crippen MR) is 53.7 cm³/mol. The zero-order valence-electron chi connectivity index (χ0n) is 8.11. The molecule has 0 radical (unpaired) electrons. The highest BCUT2D eigenvalue weighted by atomic mass is 35.5. The van der Waals surface area contributed by atoms with Gasteiger partial charge in [-0.25, -0.2) is 13.2 Å². The van der Waals surface area contributed by atoms with Crippen molar-refractivity contribution in [3.05, 3.63) is 34.6 Å². The Labute approximate surface area is 91.0 Å². The first-order valence-corrected chi connectivity index (χ1v) is 4.71. The van der Waals surface area contributed by atoms with Crippen LogP contribution in [0, 0.1) is 5.82 Å². The normalized spacial score (nSPS) is 15.4. The Hall–Kier alpha value is -0.740. The molecule has 2 N–H and O–H groups in total. The van der Waals surface area contributed by atoms with Crippen LogP contribution in [0.15, 0.2) is 18.2 Å². The lowest BCUT2D eigenvalue weighted by molar-refractivity contribution is 0.0639. The third-order valence-corrected chi connectivity index (χ3v) is 2.45. The third kappa shape index (κ3) is 3.11. The third-order valence-electron chi connectivity index (χ3n) is 2.08.